The second-order valence-electron chi connectivity index (χ2n) is 10.9. The summed E-state index contributed by atoms with van der Waals surface area (Å²) in [4.78, 5) is 2.31. The number of aryl methyl sites for hydroxylation is 1. The minimum absolute atomic E-state index is 0.350. The van der Waals surface area contributed by atoms with Gasteiger partial charge in [-0.2, -0.15) is 0 Å². The molecule has 1 unspecified atom stereocenters. The van der Waals surface area contributed by atoms with Crippen molar-refractivity contribution in [3.8, 4) is 5.75 Å². The maximum Gasteiger partial charge on any atom is 0.200 e. The van der Waals surface area contributed by atoms with Gasteiger partial charge >= 0.3 is 0 Å². The Morgan fingerprint density at radius 2 is 1.46 bits per heavy atom. The van der Waals surface area contributed by atoms with Crippen molar-refractivity contribution < 1.29 is 4.74 Å². The standard InChI is InChI=1S/C37H35NO/c1-5-23-38-33-22-21-30-16-10-12-18-32(30)36(33)39-34(38)24-27(3)37(4,25-28-13-7-6-8-14-28)35-26(2)19-20-29-15-9-11-17-31(29)35/h6-22,24H,3,5,23,25H2,1-2,4H3/b34-24-. The van der Waals surface area contributed by atoms with Crippen LogP contribution in [0.25, 0.3) is 21.5 Å². The molecular weight excluding hydrogens is 474 g/mol. The van der Waals surface area contributed by atoms with Gasteiger partial charge in [0, 0.05) is 23.4 Å². The van der Waals surface area contributed by atoms with Gasteiger partial charge in [-0.15, -0.1) is 0 Å². The van der Waals surface area contributed by atoms with Gasteiger partial charge in [0.15, 0.2) is 5.75 Å². The van der Waals surface area contributed by atoms with Crippen LogP contribution in [0.15, 0.2) is 127 Å². The largest absolute Gasteiger partial charge is 0.438 e. The first kappa shape index (κ1) is 25.0. The molecule has 0 radical (unpaired) electrons. The Kier molecular flexibility index (Phi) is 6.48. The Bertz CT molecular complexity index is 1710. The van der Waals surface area contributed by atoms with Crippen LogP contribution < -0.4 is 9.64 Å². The lowest BCUT2D eigenvalue weighted by atomic mass is 9.69. The van der Waals surface area contributed by atoms with E-state index >= 15 is 0 Å². The third kappa shape index (κ3) is 4.40. The molecule has 194 valence electrons. The van der Waals surface area contributed by atoms with Gasteiger partial charge in [0.1, 0.15) is 0 Å². The molecule has 1 atom stereocenters. The Morgan fingerprint density at radius 3 is 2.21 bits per heavy atom. The zero-order valence-electron chi connectivity index (χ0n) is 23.1. The Morgan fingerprint density at radius 1 is 0.821 bits per heavy atom. The predicted octanol–water partition coefficient (Wildman–Crippen LogP) is 9.51. The molecule has 5 aromatic carbocycles. The highest BCUT2D eigenvalue weighted by molar-refractivity contribution is 5.95. The number of nitrogens with zero attached hydrogens (tertiary/aromatic N) is 1. The summed E-state index contributed by atoms with van der Waals surface area (Å²) in [6.45, 7) is 12.4. The van der Waals surface area contributed by atoms with Gasteiger partial charge in [0.05, 0.1) is 5.69 Å². The van der Waals surface area contributed by atoms with Crippen LogP contribution in [0, 0.1) is 6.92 Å². The smallest absolute Gasteiger partial charge is 0.200 e. The molecular formula is C37H35NO. The van der Waals surface area contributed by atoms with Gasteiger partial charge in [0.2, 0.25) is 5.88 Å². The van der Waals surface area contributed by atoms with Gasteiger partial charge in [0.25, 0.3) is 0 Å². The lowest BCUT2D eigenvalue weighted by molar-refractivity contribution is 0.438. The minimum Gasteiger partial charge on any atom is -0.438 e. The number of allylic oxidation sites excluding steroid dienone is 2. The van der Waals surface area contributed by atoms with Crippen molar-refractivity contribution in [2.24, 2.45) is 0 Å². The van der Waals surface area contributed by atoms with Crippen LogP contribution in [-0.2, 0) is 11.8 Å². The van der Waals surface area contributed by atoms with Crippen LogP contribution in [0.5, 0.6) is 5.75 Å². The molecule has 1 heterocycles. The number of ether oxygens (including phenoxy) is 1. The number of fused-ring (bicyclic) bond motifs is 4. The molecule has 6 rings (SSSR count). The van der Waals surface area contributed by atoms with E-state index in [1.54, 1.807) is 0 Å². The fraction of sp³-hybridized carbons (Fsp3) is 0.189. The van der Waals surface area contributed by atoms with Gasteiger partial charge in [-0.05, 0) is 64.3 Å². The third-order valence-electron chi connectivity index (χ3n) is 8.17. The van der Waals surface area contributed by atoms with Crippen molar-refractivity contribution in [1.29, 1.82) is 0 Å². The van der Waals surface area contributed by atoms with Crippen LogP contribution >= 0.6 is 0 Å². The average molecular weight is 510 g/mol. The maximum atomic E-state index is 6.68. The van der Waals surface area contributed by atoms with E-state index in [-0.39, 0.29) is 5.41 Å². The van der Waals surface area contributed by atoms with Crippen molar-refractivity contribution >= 4 is 27.2 Å². The van der Waals surface area contributed by atoms with Gasteiger partial charge in [-0.1, -0.05) is 117 Å². The van der Waals surface area contributed by atoms with Crippen LogP contribution in [0.4, 0.5) is 5.69 Å². The highest BCUT2D eigenvalue weighted by Gasteiger charge is 2.35. The topological polar surface area (TPSA) is 12.5 Å². The molecule has 0 saturated heterocycles. The highest BCUT2D eigenvalue weighted by Crippen LogP contribution is 2.46. The zero-order chi connectivity index (χ0) is 27.0. The molecule has 0 spiro atoms. The van der Waals surface area contributed by atoms with Gasteiger partial charge in [-0.3, -0.25) is 0 Å². The first-order valence-electron chi connectivity index (χ1n) is 13.9. The first-order chi connectivity index (χ1) is 19.0. The van der Waals surface area contributed by atoms with E-state index < -0.39 is 0 Å². The normalized spacial score (nSPS) is 15.4. The molecule has 39 heavy (non-hydrogen) atoms. The minimum atomic E-state index is -0.350. The second kappa shape index (κ2) is 10.1. The maximum absolute atomic E-state index is 6.68. The highest BCUT2D eigenvalue weighted by atomic mass is 16.5. The molecule has 0 aliphatic carbocycles. The molecule has 2 heteroatoms. The zero-order valence-corrected chi connectivity index (χ0v) is 23.1. The number of hydrogen-bond donors (Lipinski definition) is 0. The Hall–Kier alpha value is -4.30. The molecule has 5 aromatic rings. The Balaban J connectivity index is 1.50. The molecule has 1 aliphatic heterocycles. The predicted molar refractivity (Wildman–Crippen MR) is 166 cm³/mol. The summed E-state index contributed by atoms with van der Waals surface area (Å²) in [5, 5.41) is 4.86. The number of benzene rings is 5. The van der Waals surface area contributed by atoms with Crippen molar-refractivity contribution in [1.82, 2.24) is 0 Å². The third-order valence-corrected chi connectivity index (χ3v) is 8.17. The SMILES string of the molecule is C=C(/C=C1\Oc2c(ccc3ccccc23)N1CCC)C(C)(Cc1ccccc1)c1c(C)ccc2ccccc12. The lowest BCUT2D eigenvalue weighted by Crippen LogP contribution is -2.29. The van der Waals surface area contributed by atoms with E-state index in [2.05, 4.69) is 135 Å². The number of hydrogen-bond acceptors (Lipinski definition) is 2. The molecule has 0 aromatic heterocycles. The monoisotopic (exact) mass is 509 g/mol. The summed E-state index contributed by atoms with van der Waals surface area (Å²) in [6, 6.07) is 36.8. The lowest BCUT2D eigenvalue weighted by Gasteiger charge is -2.35. The van der Waals surface area contributed by atoms with Crippen LogP contribution in [0.2, 0.25) is 0 Å². The van der Waals surface area contributed by atoms with E-state index in [4.69, 9.17) is 11.3 Å². The molecule has 0 saturated carbocycles. The fourth-order valence-electron chi connectivity index (χ4n) is 6.18. The van der Waals surface area contributed by atoms with E-state index in [0.29, 0.717) is 0 Å². The molecule has 0 amide bonds. The van der Waals surface area contributed by atoms with Crippen LogP contribution in [-0.4, -0.2) is 6.54 Å². The van der Waals surface area contributed by atoms with Crippen molar-refractivity contribution in [3.05, 3.63) is 144 Å². The second-order valence-corrected chi connectivity index (χ2v) is 10.9. The molecule has 0 bridgehead atoms. The molecule has 1 aliphatic rings. The van der Waals surface area contributed by atoms with E-state index in [1.807, 2.05) is 0 Å². The average Bonchev–Trinajstić information content (AvgIpc) is 3.30. The van der Waals surface area contributed by atoms with Crippen LogP contribution in [0.1, 0.15) is 37.0 Å². The molecule has 0 fully saturated rings. The molecule has 0 N–H and O–H groups in total. The Labute approximate surface area is 231 Å². The summed E-state index contributed by atoms with van der Waals surface area (Å²) >= 11 is 0. The van der Waals surface area contributed by atoms with Gasteiger partial charge < -0.3 is 9.64 Å². The summed E-state index contributed by atoms with van der Waals surface area (Å²) < 4.78 is 6.68. The number of rotatable bonds is 7. The van der Waals surface area contributed by atoms with Gasteiger partial charge in [-0.25, -0.2) is 0 Å². The van der Waals surface area contributed by atoms with Crippen molar-refractivity contribution in [2.75, 3.05) is 11.4 Å². The molecule has 2 nitrogen and oxygen atoms in total. The summed E-state index contributed by atoms with van der Waals surface area (Å²) in [7, 11) is 0. The fourth-order valence-corrected chi connectivity index (χ4v) is 6.18. The number of anilines is 1. The summed E-state index contributed by atoms with van der Waals surface area (Å²) in [5.41, 5.74) is 5.71. The van der Waals surface area contributed by atoms with E-state index in [1.165, 1.54) is 32.8 Å². The quantitative estimate of drug-likeness (QED) is 0.217. The van der Waals surface area contributed by atoms with E-state index in [9.17, 15) is 0 Å². The van der Waals surface area contributed by atoms with E-state index in [0.717, 1.165) is 47.7 Å². The first-order valence-corrected chi connectivity index (χ1v) is 13.9. The summed E-state index contributed by atoms with van der Waals surface area (Å²) in [6.07, 6.45) is 4.05. The summed E-state index contributed by atoms with van der Waals surface area (Å²) in [5.74, 6) is 1.79. The van der Waals surface area contributed by atoms with Crippen molar-refractivity contribution in [2.45, 2.75) is 39.0 Å². The van der Waals surface area contributed by atoms with Crippen LogP contribution in [0.3, 0.4) is 0 Å². The van der Waals surface area contributed by atoms with Crippen molar-refractivity contribution in [3.63, 3.8) is 0 Å².